The highest BCUT2D eigenvalue weighted by Gasteiger charge is 2.20. The van der Waals surface area contributed by atoms with Crippen molar-refractivity contribution in [3.05, 3.63) is 89.0 Å². The molecule has 0 fully saturated rings. The maximum atomic E-state index is 3.89. The topological polar surface area (TPSA) is 0 Å². The van der Waals surface area contributed by atoms with Gasteiger partial charge in [-0.25, -0.2) is 0 Å². The van der Waals surface area contributed by atoms with Crippen LogP contribution in [0.1, 0.15) is 59.9 Å². The van der Waals surface area contributed by atoms with Gasteiger partial charge in [0.15, 0.2) is 0 Å². The van der Waals surface area contributed by atoms with Crippen LogP contribution in [0.4, 0.5) is 0 Å². The van der Waals surface area contributed by atoms with Gasteiger partial charge in [-0.3, -0.25) is 0 Å². The van der Waals surface area contributed by atoms with E-state index in [9.17, 15) is 0 Å². The molecule has 3 aromatic carbocycles. The smallest absolute Gasteiger partial charge is 0.0118 e. The minimum absolute atomic E-state index is 0.640. The molecule has 0 aliphatic heterocycles. The number of rotatable bonds is 5. The summed E-state index contributed by atoms with van der Waals surface area (Å²) >= 11 is 0. The van der Waals surface area contributed by atoms with Gasteiger partial charge in [0.1, 0.15) is 0 Å². The molecule has 0 saturated heterocycles. The first-order valence-corrected chi connectivity index (χ1v) is 10.0. The van der Waals surface area contributed by atoms with Crippen molar-refractivity contribution in [1.29, 1.82) is 0 Å². The molecular formula is C26H28. The summed E-state index contributed by atoms with van der Waals surface area (Å²) in [4.78, 5) is 0. The van der Waals surface area contributed by atoms with Crippen LogP contribution in [0.5, 0.6) is 0 Å². The molecule has 1 aliphatic rings. The van der Waals surface area contributed by atoms with Gasteiger partial charge in [-0.1, -0.05) is 80.6 Å². The average molecular weight is 341 g/mol. The molecule has 1 atom stereocenters. The summed E-state index contributed by atoms with van der Waals surface area (Å²) in [6.45, 7) is 6.15. The van der Waals surface area contributed by atoms with E-state index in [0.717, 1.165) is 6.42 Å². The van der Waals surface area contributed by atoms with Crippen molar-refractivity contribution in [3.63, 3.8) is 0 Å². The zero-order chi connectivity index (χ0) is 17.9. The van der Waals surface area contributed by atoms with E-state index < -0.39 is 0 Å². The molecule has 0 bridgehead atoms. The van der Waals surface area contributed by atoms with Crippen LogP contribution in [0.15, 0.2) is 61.2 Å². The van der Waals surface area contributed by atoms with Gasteiger partial charge >= 0.3 is 0 Å². The molecule has 3 aromatic rings. The number of fused-ring (bicyclic) bond motifs is 2. The SMILES string of the molecule is C=Cc1ccc2c(c1)CCC(c1ccc3cc(CCCC)ccc3c1)C2. The first-order chi connectivity index (χ1) is 12.8. The van der Waals surface area contributed by atoms with Crippen molar-refractivity contribution in [2.24, 2.45) is 0 Å². The highest BCUT2D eigenvalue weighted by Crippen LogP contribution is 2.34. The van der Waals surface area contributed by atoms with Crippen LogP contribution >= 0.6 is 0 Å². The first-order valence-electron chi connectivity index (χ1n) is 10.0. The Morgan fingerprint density at radius 2 is 1.81 bits per heavy atom. The third-order valence-corrected chi connectivity index (χ3v) is 5.91. The van der Waals surface area contributed by atoms with Crippen molar-refractivity contribution < 1.29 is 0 Å². The second kappa shape index (κ2) is 7.50. The number of benzene rings is 3. The Hall–Kier alpha value is -2.34. The lowest BCUT2D eigenvalue weighted by Crippen LogP contribution is -2.12. The molecule has 0 N–H and O–H groups in total. The van der Waals surface area contributed by atoms with Crippen LogP contribution in [0.2, 0.25) is 0 Å². The van der Waals surface area contributed by atoms with Gasteiger partial charge in [0.2, 0.25) is 0 Å². The molecular weight excluding hydrogens is 312 g/mol. The van der Waals surface area contributed by atoms with E-state index in [-0.39, 0.29) is 0 Å². The van der Waals surface area contributed by atoms with Gasteiger partial charge in [-0.05, 0) is 76.6 Å². The van der Waals surface area contributed by atoms with E-state index in [1.54, 1.807) is 0 Å². The quantitative estimate of drug-likeness (QED) is 0.465. The second-order valence-electron chi connectivity index (χ2n) is 7.72. The Bertz CT molecular complexity index is 932. The fourth-order valence-electron chi connectivity index (χ4n) is 4.29. The van der Waals surface area contributed by atoms with Gasteiger partial charge in [0.05, 0.1) is 0 Å². The number of aryl methyl sites for hydroxylation is 2. The minimum Gasteiger partial charge on any atom is -0.0985 e. The van der Waals surface area contributed by atoms with Crippen molar-refractivity contribution in [2.45, 2.75) is 51.4 Å². The van der Waals surface area contributed by atoms with Crippen LogP contribution < -0.4 is 0 Å². The van der Waals surface area contributed by atoms with Crippen LogP contribution in [0.3, 0.4) is 0 Å². The van der Waals surface area contributed by atoms with Crippen molar-refractivity contribution in [3.8, 4) is 0 Å². The van der Waals surface area contributed by atoms with Gasteiger partial charge in [-0.2, -0.15) is 0 Å². The Labute approximate surface area is 157 Å². The number of unbranched alkanes of at least 4 members (excludes halogenated alkanes) is 1. The zero-order valence-electron chi connectivity index (χ0n) is 15.8. The minimum atomic E-state index is 0.640. The molecule has 4 rings (SSSR count). The van der Waals surface area contributed by atoms with Gasteiger partial charge in [-0.15, -0.1) is 0 Å². The average Bonchev–Trinajstić information content (AvgIpc) is 2.70. The highest BCUT2D eigenvalue weighted by molar-refractivity contribution is 5.84. The first kappa shape index (κ1) is 17.1. The van der Waals surface area contributed by atoms with E-state index in [2.05, 4.69) is 68.1 Å². The predicted molar refractivity (Wildman–Crippen MR) is 114 cm³/mol. The van der Waals surface area contributed by atoms with Gasteiger partial charge in [0, 0.05) is 0 Å². The fourth-order valence-corrected chi connectivity index (χ4v) is 4.29. The Balaban J connectivity index is 1.57. The van der Waals surface area contributed by atoms with E-state index in [4.69, 9.17) is 0 Å². The van der Waals surface area contributed by atoms with Crippen LogP contribution in [0.25, 0.3) is 16.8 Å². The molecule has 1 unspecified atom stereocenters. The summed E-state index contributed by atoms with van der Waals surface area (Å²) < 4.78 is 0. The molecule has 0 amide bonds. The normalized spacial score (nSPS) is 16.4. The third-order valence-electron chi connectivity index (χ3n) is 5.91. The third kappa shape index (κ3) is 3.46. The van der Waals surface area contributed by atoms with Crippen molar-refractivity contribution in [2.75, 3.05) is 0 Å². The largest absolute Gasteiger partial charge is 0.0985 e. The molecule has 1 aliphatic carbocycles. The summed E-state index contributed by atoms with van der Waals surface area (Å²) in [7, 11) is 0. The van der Waals surface area contributed by atoms with Crippen molar-refractivity contribution in [1.82, 2.24) is 0 Å². The standard InChI is InChI=1S/C26H28/c1-3-5-6-20-8-10-24-18-26(14-12-22(24)16-20)25-13-11-21-15-19(4-2)7-9-23(21)17-25/h4,7-10,12,14-16,18,25H,2-3,5-6,11,13,17H2,1H3. The van der Waals surface area contributed by atoms with Crippen molar-refractivity contribution >= 4 is 16.8 Å². The maximum Gasteiger partial charge on any atom is -0.0118 e. The highest BCUT2D eigenvalue weighted by atomic mass is 14.2. The summed E-state index contributed by atoms with van der Waals surface area (Å²) in [5, 5.41) is 2.77. The van der Waals surface area contributed by atoms with Crippen LogP contribution in [0, 0.1) is 0 Å². The number of hydrogen-bond donors (Lipinski definition) is 0. The predicted octanol–water partition coefficient (Wildman–Crippen LogP) is 7.10. The molecule has 0 nitrogen and oxygen atoms in total. The Kier molecular flexibility index (Phi) is 4.93. The second-order valence-corrected chi connectivity index (χ2v) is 7.72. The van der Waals surface area contributed by atoms with Gasteiger partial charge in [0.25, 0.3) is 0 Å². The molecule has 0 spiro atoms. The molecule has 0 radical (unpaired) electrons. The molecule has 0 aromatic heterocycles. The summed E-state index contributed by atoms with van der Waals surface area (Å²) in [5.41, 5.74) is 7.24. The zero-order valence-corrected chi connectivity index (χ0v) is 15.8. The molecule has 132 valence electrons. The molecule has 0 saturated carbocycles. The van der Waals surface area contributed by atoms with E-state index >= 15 is 0 Å². The Morgan fingerprint density at radius 3 is 2.65 bits per heavy atom. The Morgan fingerprint density at radius 1 is 0.962 bits per heavy atom. The lowest BCUT2D eigenvalue weighted by molar-refractivity contribution is 0.585. The maximum absolute atomic E-state index is 3.89. The molecule has 0 heterocycles. The van der Waals surface area contributed by atoms with E-state index in [1.165, 1.54) is 70.7 Å². The van der Waals surface area contributed by atoms with E-state index in [0.29, 0.717) is 5.92 Å². The molecule has 26 heavy (non-hydrogen) atoms. The summed E-state index contributed by atoms with van der Waals surface area (Å²) in [6, 6.07) is 20.9. The van der Waals surface area contributed by atoms with Crippen LogP contribution in [-0.4, -0.2) is 0 Å². The summed E-state index contributed by atoms with van der Waals surface area (Å²) in [6.07, 6.45) is 9.26. The van der Waals surface area contributed by atoms with Crippen LogP contribution in [-0.2, 0) is 19.3 Å². The monoisotopic (exact) mass is 340 g/mol. The molecule has 0 heteroatoms. The lowest BCUT2D eigenvalue weighted by atomic mass is 9.79. The fraction of sp³-hybridized carbons (Fsp3) is 0.308. The van der Waals surface area contributed by atoms with Gasteiger partial charge < -0.3 is 0 Å². The number of hydrogen-bond acceptors (Lipinski definition) is 0. The summed E-state index contributed by atoms with van der Waals surface area (Å²) in [5.74, 6) is 0.640. The van der Waals surface area contributed by atoms with E-state index in [1.807, 2.05) is 6.08 Å². The lowest BCUT2D eigenvalue weighted by Gasteiger charge is -2.25.